The number of H-pyrrole nitrogens is 1. The molecule has 0 fully saturated rings. The zero-order chi connectivity index (χ0) is 20.0. The molecule has 0 saturated heterocycles. The molecule has 0 aliphatic heterocycles. The predicted octanol–water partition coefficient (Wildman–Crippen LogP) is 4.32. The fraction of sp³-hybridized carbons (Fsp3) is 0.261. The van der Waals surface area contributed by atoms with Gasteiger partial charge in [0.2, 0.25) is 0 Å². The zero-order valence-electron chi connectivity index (χ0n) is 16.6. The summed E-state index contributed by atoms with van der Waals surface area (Å²) in [5.41, 5.74) is 14.0. The van der Waals surface area contributed by atoms with Crippen LogP contribution in [0.5, 0.6) is 0 Å². The topological polar surface area (TPSA) is 70.9 Å². The van der Waals surface area contributed by atoms with E-state index in [2.05, 4.69) is 29.0 Å². The van der Waals surface area contributed by atoms with E-state index in [1.54, 1.807) is 6.08 Å². The Balaban J connectivity index is 2.23. The van der Waals surface area contributed by atoms with Crippen LogP contribution in [0.3, 0.4) is 0 Å². The Labute approximate surface area is 161 Å². The second kappa shape index (κ2) is 9.19. The number of anilines is 1. The Morgan fingerprint density at radius 3 is 2.59 bits per heavy atom. The van der Waals surface area contributed by atoms with Crippen molar-refractivity contribution in [1.29, 1.82) is 0 Å². The maximum Gasteiger partial charge on any atom is 0.252 e. The number of pyridine rings is 1. The molecule has 27 heavy (non-hydrogen) atoms. The van der Waals surface area contributed by atoms with Crippen LogP contribution in [0.4, 0.5) is 5.69 Å². The van der Waals surface area contributed by atoms with Crippen LogP contribution in [0.15, 0.2) is 53.9 Å². The van der Waals surface area contributed by atoms with Gasteiger partial charge in [0.25, 0.3) is 5.56 Å². The first-order valence-electron chi connectivity index (χ1n) is 9.12. The Morgan fingerprint density at radius 1 is 1.22 bits per heavy atom. The van der Waals surface area contributed by atoms with Gasteiger partial charge in [0.1, 0.15) is 0 Å². The van der Waals surface area contributed by atoms with Crippen LogP contribution in [-0.4, -0.2) is 4.98 Å². The fourth-order valence-electron chi connectivity index (χ4n) is 3.10. The second-order valence-electron chi connectivity index (χ2n) is 6.74. The van der Waals surface area contributed by atoms with Crippen LogP contribution in [-0.2, 0) is 13.1 Å². The summed E-state index contributed by atoms with van der Waals surface area (Å²) < 4.78 is 0. The number of nitrogens with two attached hydrogens (primary N) is 1. The molecule has 0 bridgehead atoms. The summed E-state index contributed by atoms with van der Waals surface area (Å²) in [7, 11) is 0. The van der Waals surface area contributed by atoms with Crippen molar-refractivity contribution >= 4 is 11.3 Å². The highest BCUT2D eigenvalue weighted by Gasteiger charge is 2.09. The zero-order valence-corrected chi connectivity index (χ0v) is 16.6. The molecule has 2 rings (SSSR count). The van der Waals surface area contributed by atoms with Gasteiger partial charge in [-0.2, -0.15) is 0 Å². The third kappa shape index (κ3) is 5.08. The summed E-state index contributed by atoms with van der Waals surface area (Å²) in [6.45, 7) is 12.8. The quantitative estimate of drug-likeness (QED) is 0.507. The molecule has 1 aromatic carbocycles. The smallest absolute Gasteiger partial charge is 0.252 e. The summed E-state index contributed by atoms with van der Waals surface area (Å²) in [5, 5.41) is 3.39. The monoisotopic (exact) mass is 363 g/mol. The molecule has 1 aromatic heterocycles. The molecular formula is C23H29N3O. The number of allylic oxidation sites excluding steroid dienone is 5. The van der Waals surface area contributed by atoms with Gasteiger partial charge in [-0.05, 0) is 73.7 Å². The van der Waals surface area contributed by atoms with Crippen LogP contribution >= 0.6 is 0 Å². The molecule has 0 aliphatic rings. The highest BCUT2D eigenvalue weighted by molar-refractivity contribution is 5.77. The predicted molar refractivity (Wildman–Crippen MR) is 116 cm³/mol. The first-order valence-corrected chi connectivity index (χ1v) is 9.12. The van der Waals surface area contributed by atoms with E-state index in [1.165, 1.54) is 0 Å². The highest BCUT2D eigenvalue weighted by Crippen LogP contribution is 2.25. The van der Waals surface area contributed by atoms with E-state index in [9.17, 15) is 4.79 Å². The third-order valence-corrected chi connectivity index (χ3v) is 4.72. The van der Waals surface area contributed by atoms with Gasteiger partial charge in [-0.15, -0.1) is 0 Å². The van der Waals surface area contributed by atoms with Crippen molar-refractivity contribution in [3.8, 4) is 0 Å². The molecule has 0 radical (unpaired) electrons. The molecule has 2 aromatic rings. The van der Waals surface area contributed by atoms with Gasteiger partial charge in [-0.25, -0.2) is 0 Å². The lowest BCUT2D eigenvalue weighted by atomic mass is 9.97. The molecule has 0 amide bonds. The number of nitrogens with one attached hydrogen (secondary N) is 2. The van der Waals surface area contributed by atoms with Crippen molar-refractivity contribution < 1.29 is 0 Å². The minimum Gasteiger partial charge on any atom is -0.398 e. The summed E-state index contributed by atoms with van der Waals surface area (Å²) >= 11 is 0. The van der Waals surface area contributed by atoms with E-state index in [-0.39, 0.29) is 5.56 Å². The SMILES string of the molecule is C=C/C=C\C(=C/C)c1cc(N)c(C)c(CNCc2c(C)cc(C)[nH]c2=O)c1. The molecule has 142 valence electrons. The average Bonchev–Trinajstić information content (AvgIpc) is 2.61. The number of benzene rings is 1. The highest BCUT2D eigenvalue weighted by atomic mass is 16.1. The van der Waals surface area contributed by atoms with E-state index < -0.39 is 0 Å². The average molecular weight is 364 g/mol. The molecule has 0 aliphatic carbocycles. The van der Waals surface area contributed by atoms with Crippen molar-refractivity contribution in [2.45, 2.75) is 40.8 Å². The minimum atomic E-state index is -0.0317. The number of hydrogen-bond acceptors (Lipinski definition) is 3. The van der Waals surface area contributed by atoms with Crippen LogP contribution < -0.4 is 16.6 Å². The lowest BCUT2D eigenvalue weighted by Crippen LogP contribution is -2.23. The van der Waals surface area contributed by atoms with E-state index in [4.69, 9.17) is 5.73 Å². The van der Waals surface area contributed by atoms with Crippen LogP contribution in [0.1, 0.15) is 40.4 Å². The van der Waals surface area contributed by atoms with Gasteiger partial charge in [0, 0.05) is 30.0 Å². The third-order valence-electron chi connectivity index (χ3n) is 4.72. The number of hydrogen-bond donors (Lipinski definition) is 3. The van der Waals surface area contributed by atoms with Crippen molar-refractivity contribution in [3.63, 3.8) is 0 Å². The Hall–Kier alpha value is -2.85. The summed E-state index contributed by atoms with van der Waals surface area (Å²) in [6, 6.07) is 6.14. The Morgan fingerprint density at radius 2 is 1.96 bits per heavy atom. The standard InChI is InChI=1S/C23H29N3O/c1-6-8-9-18(7-2)19-11-20(17(5)22(24)12-19)13-25-14-21-15(3)10-16(4)26-23(21)27/h6-12,25H,1,13-14,24H2,2-5H3,(H,26,27)/b9-8-,18-7+. The summed E-state index contributed by atoms with van der Waals surface area (Å²) in [6.07, 6.45) is 7.74. The van der Waals surface area contributed by atoms with Crippen molar-refractivity contribution in [1.82, 2.24) is 10.3 Å². The second-order valence-corrected chi connectivity index (χ2v) is 6.74. The number of rotatable bonds is 7. The minimum absolute atomic E-state index is 0.0317. The molecule has 4 heteroatoms. The largest absolute Gasteiger partial charge is 0.398 e. The molecule has 1 heterocycles. The summed E-state index contributed by atoms with van der Waals surface area (Å²) in [5.74, 6) is 0. The first kappa shape index (κ1) is 20.5. The number of nitrogen functional groups attached to an aromatic ring is 1. The molecule has 0 saturated carbocycles. The lowest BCUT2D eigenvalue weighted by molar-refractivity contribution is 0.681. The van der Waals surface area contributed by atoms with E-state index in [0.717, 1.165) is 44.8 Å². The number of aromatic amines is 1. The maximum absolute atomic E-state index is 12.2. The van der Waals surface area contributed by atoms with Gasteiger partial charge < -0.3 is 16.0 Å². The number of aryl methyl sites for hydroxylation is 2. The van der Waals surface area contributed by atoms with Gasteiger partial charge in [-0.3, -0.25) is 4.79 Å². The molecule has 0 spiro atoms. The Bertz CT molecular complexity index is 949. The molecular weight excluding hydrogens is 334 g/mol. The normalized spacial score (nSPS) is 11.9. The lowest BCUT2D eigenvalue weighted by Gasteiger charge is -2.14. The van der Waals surface area contributed by atoms with Gasteiger partial charge >= 0.3 is 0 Å². The van der Waals surface area contributed by atoms with Crippen LogP contribution in [0.2, 0.25) is 0 Å². The number of aromatic nitrogens is 1. The molecule has 0 unspecified atom stereocenters. The van der Waals surface area contributed by atoms with Crippen LogP contribution in [0.25, 0.3) is 5.57 Å². The van der Waals surface area contributed by atoms with Gasteiger partial charge in [0.05, 0.1) is 0 Å². The fourth-order valence-corrected chi connectivity index (χ4v) is 3.10. The van der Waals surface area contributed by atoms with E-state index in [0.29, 0.717) is 13.1 Å². The maximum atomic E-state index is 12.2. The van der Waals surface area contributed by atoms with E-state index in [1.807, 2.05) is 52.0 Å². The van der Waals surface area contributed by atoms with E-state index >= 15 is 0 Å². The van der Waals surface area contributed by atoms with Crippen molar-refractivity contribution in [2.24, 2.45) is 0 Å². The molecule has 4 N–H and O–H groups in total. The Kier molecular flexibility index (Phi) is 6.97. The van der Waals surface area contributed by atoms with Gasteiger partial charge in [-0.1, -0.05) is 30.9 Å². The molecule has 0 atom stereocenters. The van der Waals surface area contributed by atoms with Crippen molar-refractivity contribution in [3.05, 3.63) is 92.9 Å². The first-order chi connectivity index (χ1) is 12.9. The van der Waals surface area contributed by atoms with Crippen LogP contribution in [0, 0.1) is 20.8 Å². The van der Waals surface area contributed by atoms with Gasteiger partial charge in [0.15, 0.2) is 0 Å². The molecule has 4 nitrogen and oxygen atoms in total. The summed E-state index contributed by atoms with van der Waals surface area (Å²) in [4.78, 5) is 15.0. The van der Waals surface area contributed by atoms with Crippen molar-refractivity contribution in [2.75, 3.05) is 5.73 Å².